The summed E-state index contributed by atoms with van der Waals surface area (Å²) in [6.45, 7) is 2.25. The van der Waals surface area contributed by atoms with Crippen molar-refractivity contribution in [3.8, 4) is 11.3 Å². The number of fused-ring (bicyclic) bond motifs is 8. The van der Waals surface area contributed by atoms with E-state index in [4.69, 9.17) is 16.0 Å². The number of benzene rings is 6. The lowest BCUT2D eigenvalue weighted by Gasteiger charge is -2.28. The number of aryl methyl sites for hydroxylation is 1. The zero-order valence-corrected chi connectivity index (χ0v) is 25.7. The summed E-state index contributed by atoms with van der Waals surface area (Å²) >= 11 is 8.26. The average molecular weight is 618 g/mol. The molecule has 0 saturated heterocycles. The van der Waals surface area contributed by atoms with Gasteiger partial charge in [-0.2, -0.15) is 4.98 Å². The summed E-state index contributed by atoms with van der Waals surface area (Å²) in [5.41, 5.74) is 7.52. The first-order chi connectivity index (χ1) is 22.2. The van der Waals surface area contributed by atoms with Crippen LogP contribution in [-0.4, -0.2) is 9.97 Å². The summed E-state index contributed by atoms with van der Waals surface area (Å²) in [5.74, 6) is 0. The predicted molar refractivity (Wildman–Crippen MR) is 190 cm³/mol. The Hall–Kier alpha value is -5.23. The molecule has 9 rings (SSSR count). The number of hydrogen-bond donors (Lipinski definition) is 0. The second kappa shape index (κ2) is 10.2. The first-order valence-corrected chi connectivity index (χ1v) is 16.0. The lowest BCUT2D eigenvalue weighted by molar-refractivity contribution is 0.653. The molecule has 3 heterocycles. The molecule has 0 unspecified atom stereocenters. The molecule has 4 nitrogen and oxygen atoms in total. The van der Waals surface area contributed by atoms with Gasteiger partial charge in [0.05, 0.1) is 21.5 Å². The monoisotopic (exact) mass is 617 g/mol. The van der Waals surface area contributed by atoms with E-state index in [0.717, 1.165) is 39.0 Å². The SMILES string of the molecule is Cc1c(N(c2ccccc2)c2ccc(-c3nc(Cl)nc4oc5ccccc5c34)cc2)c2sc3ccccc3c2c2ccccc12. The number of rotatable bonds is 4. The van der Waals surface area contributed by atoms with E-state index < -0.39 is 0 Å². The Morgan fingerprint density at radius 2 is 1.27 bits per heavy atom. The van der Waals surface area contributed by atoms with E-state index in [1.807, 2.05) is 35.6 Å². The van der Waals surface area contributed by atoms with E-state index in [-0.39, 0.29) is 5.28 Å². The number of hydrogen-bond acceptors (Lipinski definition) is 5. The Morgan fingerprint density at radius 3 is 2.07 bits per heavy atom. The van der Waals surface area contributed by atoms with Crippen LogP contribution in [-0.2, 0) is 0 Å². The molecule has 0 aliphatic rings. The van der Waals surface area contributed by atoms with Crippen molar-refractivity contribution >= 4 is 93.0 Å². The van der Waals surface area contributed by atoms with E-state index in [0.29, 0.717) is 5.71 Å². The fourth-order valence-corrected chi connectivity index (χ4v) is 8.10. The molecule has 0 saturated carbocycles. The summed E-state index contributed by atoms with van der Waals surface area (Å²) in [5, 5.41) is 7.11. The molecular weight excluding hydrogens is 594 g/mol. The molecule has 45 heavy (non-hydrogen) atoms. The summed E-state index contributed by atoms with van der Waals surface area (Å²) < 4.78 is 8.60. The molecule has 9 aromatic rings. The van der Waals surface area contributed by atoms with Crippen LogP contribution in [0, 0.1) is 6.92 Å². The van der Waals surface area contributed by atoms with Crippen molar-refractivity contribution in [2.24, 2.45) is 0 Å². The third kappa shape index (κ3) is 4.05. The second-order valence-electron chi connectivity index (χ2n) is 11.2. The van der Waals surface area contributed by atoms with Gasteiger partial charge < -0.3 is 9.32 Å². The lowest BCUT2D eigenvalue weighted by Crippen LogP contribution is -2.11. The predicted octanol–water partition coefficient (Wildman–Crippen LogP) is 12.0. The van der Waals surface area contributed by atoms with Crippen LogP contribution < -0.4 is 4.90 Å². The highest BCUT2D eigenvalue weighted by molar-refractivity contribution is 7.26. The van der Waals surface area contributed by atoms with Gasteiger partial charge in [-0.1, -0.05) is 91.0 Å². The van der Waals surface area contributed by atoms with Gasteiger partial charge in [0.15, 0.2) is 0 Å². The van der Waals surface area contributed by atoms with Gasteiger partial charge in [-0.05, 0) is 71.3 Å². The number of aromatic nitrogens is 2. The van der Waals surface area contributed by atoms with Crippen molar-refractivity contribution in [1.29, 1.82) is 0 Å². The van der Waals surface area contributed by atoms with E-state index in [1.54, 1.807) is 0 Å². The average Bonchev–Trinajstić information content (AvgIpc) is 3.65. The van der Waals surface area contributed by atoms with Gasteiger partial charge in [0, 0.05) is 37.8 Å². The first kappa shape index (κ1) is 26.2. The zero-order chi connectivity index (χ0) is 30.1. The van der Waals surface area contributed by atoms with Crippen LogP contribution in [0.15, 0.2) is 132 Å². The van der Waals surface area contributed by atoms with Gasteiger partial charge in [-0.15, -0.1) is 11.3 Å². The number of nitrogens with zero attached hydrogens (tertiary/aromatic N) is 3. The molecule has 3 aromatic heterocycles. The topological polar surface area (TPSA) is 42.2 Å². The standard InChI is InChI=1S/C39H24ClN3OS/c1-23-27-13-5-6-14-28(27)33-30-16-8-10-18-32(30)45-37(33)36(23)43(25-11-3-2-4-12-25)26-21-19-24(20-22-26)35-34-29-15-7-9-17-31(29)44-38(34)42-39(40)41-35/h2-22H,1H3. The maximum absolute atomic E-state index is 6.41. The minimum Gasteiger partial charge on any atom is -0.438 e. The molecule has 0 aliphatic carbocycles. The van der Waals surface area contributed by atoms with Crippen LogP contribution in [0.3, 0.4) is 0 Å². The molecule has 0 fully saturated rings. The maximum atomic E-state index is 6.41. The minimum atomic E-state index is 0.158. The summed E-state index contributed by atoms with van der Waals surface area (Å²) in [4.78, 5) is 11.5. The Kier molecular flexibility index (Phi) is 5.92. The quantitative estimate of drug-likeness (QED) is 0.184. The highest BCUT2D eigenvalue weighted by Gasteiger charge is 2.24. The lowest BCUT2D eigenvalue weighted by atomic mass is 9.97. The van der Waals surface area contributed by atoms with Gasteiger partial charge in [0.25, 0.3) is 0 Å². The third-order valence-electron chi connectivity index (χ3n) is 8.61. The molecule has 214 valence electrons. The maximum Gasteiger partial charge on any atom is 0.232 e. The molecule has 0 N–H and O–H groups in total. The van der Waals surface area contributed by atoms with E-state index >= 15 is 0 Å². The van der Waals surface area contributed by atoms with Gasteiger partial charge in [0.2, 0.25) is 11.0 Å². The number of furan rings is 1. The number of anilines is 3. The molecule has 0 amide bonds. The number of para-hydroxylation sites is 2. The van der Waals surface area contributed by atoms with Crippen LogP contribution in [0.4, 0.5) is 17.1 Å². The number of halogens is 1. The fraction of sp³-hybridized carbons (Fsp3) is 0.0256. The van der Waals surface area contributed by atoms with Crippen molar-refractivity contribution in [2.75, 3.05) is 4.90 Å². The highest BCUT2D eigenvalue weighted by Crippen LogP contribution is 2.50. The highest BCUT2D eigenvalue weighted by atomic mass is 35.5. The summed E-state index contributed by atoms with van der Waals surface area (Å²) in [6.07, 6.45) is 0. The van der Waals surface area contributed by atoms with Gasteiger partial charge >= 0.3 is 0 Å². The largest absolute Gasteiger partial charge is 0.438 e. The molecule has 0 bridgehead atoms. The molecule has 0 atom stereocenters. The Bertz CT molecular complexity index is 2570. The fourth-order valence-electron chi connectivity index (χ4n) is 6.63. The minimum absolute atomic E-state index is 0.158. The third-order valence-corrected chi connectivity index (χ3v) is 9.96. The summed E-state index contributed by atoms with van der Waals surface area (Å²) in [7, 11) is 0. The van der Waals surface area contributed by atoms with Crippen LogP contribution in [0.1, 0.15) is 5.56 Å². The zero-order valence-electron chi connectivity index (χ0n) is 24.2. The smallest absolute Gasteiger partial charge is 0.232 e. The van der Waals surface area contributed by atoms with Gasteiger partial charge in [-0.25, -0.2) is 4.98 Å². The van der Waals surface area contributed by atoms with E-state index in [1.165, 1.54) is 42.2 Å². The van der Waals surface area contributed by atoms with Crippen LogP contribution >= 0.6 is 22.9 Å². The molecular formula is C39H24ClN3OS. The van der Waals surface area contributed by atoms with E-state index in [9.17, 15) is 0 Å². The summed E-state index contributed by atoms with van der Waals surface area (Å²) in [6, 6.07) is 44.6. The van der Waals surface area contributed by atoms with Crippen LogP contribution in [0.25, 0.3) is 64.3 Å². The van der Waals surface area contributed by atoms with Crippen LogP contribution in [0.5, 0.6) is 0 Å². The molecule has 0 radical (unpaired) electrons. The van der Waals surface area contributed by atoms with Gasteiger partial charge in [-0.3, -0.25) is 0 Å². The van der Waals surface area contributed by atoms with Crippen molar-refractivity contribution in [2.45, 2.75) is 6.92 Å². The van der Waals surface area contributed by atoms with Crippen molar-refractivity contribution < 1.29 is 4.42 Å². The molecule has 0 aliphatic heterocycles. The Balaban J connectivity index is 1.30. The second-order valence-corrected chi connectivity index (χ2v) is 12.5. The van der Waals surface area contributed by atoms with Gasteiger partial charge in [0.1, 0.15) is 5.58 Å². The number of thiophene rings is 1. The Labute approximate surface area is 267 Å². The van der Waals surface area contributed by atoms with Crippen LogP contribution in [0.2, 0.25) is 5.28 Å². The van der Waals surface area contributed by atoms with E-state index in [2.05, 4.69) is 125 Å². The van der Waals surface area contributed by atoms with Crippen molar-refractivity contribution in [1.82, 2.24) is 9.97 Å². The normalized spacial score (nSPS) is 11.8. The molecule has 6 aromatic carbocycles. The molecule has 6 heteroatoms. The van der Waals surface area contributed by atoms with Crippen molar-refractivity contribution in [3.63, 3.8) is 0 Å². The van der Waals surface area contributed by atoms with Crippen molar-refractivity contribution in [3.05, 3.63) is 138 Å². The Morgan fingerprint density at radius 1 is 0.622 bits per heavy atom. The molecule has 0 spiro atoms. The first-order valence-electron chi connectivity index (χ1n) is 14.8.